The highest BCUT2D eigenvalue weighted by molar-refractivity contribution is 5.78. The van der Waals surface area contributed by atoms with Crippen molar-refractivity contribution in [2.75, 3.05) is 26.2 Å². The topological polar surface area (TPSA) is 41.6 Å². The minimum Gasteiger partial charge on any atom is -0.376 e. The van der Waals surface area contributed by atoms with Crippen LogP contribution in [0.1, 0.15) is 36.8 Å². The second-order valence-corrected chi connectivity index (χ2v) is 6.92. The second-order valence-electron chi connectivity index (χ2n) is 6.92. The van der Waals surface area contributed by atoms with E-state index in [1.165, 1.54) is 11.1 Å². The van der Waals surface area contributed by atoms with Crippen LogP contribution in [0.2, 0.25) is 0 Å². The van der Waals surface area contributed by atoms with Gasteiger partial charge >= 0.3 is 0 Å². The van der Waals surface area contributed by atoms with Crippen molar-refractivity contribution in [3.05, 3.63) is 35.4 Å². The maximum atomic E-state index is 12.3. The van der Waals surface area contributed by atoms with Crippen LogP contribution in [0.3, 0.4) is 0 Å². The lowest BCUT2D eigenvalue weighted by Gasteiger charge is -2.31. The minimum absolute atomic E-state index is 0.172. The number of amides is 1. The maximum Gasteiger partial charge on any atom is 0.223 e. The number of rotatable bonds is 5. The third-order valence-corrected chi connectivity index (χ3v) is 5.01. The van der Waals surface area contributed by atoms with E-state index in [-0.39, 0.29) is 17.9 Å². The number of hydrogen-bond donors (Lipinski definition) is 1. The molecule has 0 spiro atoms. The monoisotopic (exact) mass is 316 g/mol. The predicted molar refractivity (Wildman–Crippen MR) is 91.2 cm³/mol. The van der Waals surface area contributed by atoms with Gasteiger partial charge in [-0.15, -0.1) is 0 Å². The number of carbonyl (C=O) groups is 1. The maximum absolute atomic E-state index is 12.3. The Kier molecular flexibility index (Phi) is 5.68. The number of likely N-dealkylation sites (tertiary alicyclic amines) is 1. The Balaban J connectivity index is 1.39. The zero-order valence-electron chi connectivity index (χ0n) is 14.1. The average Bonchev–Trinajstić information content (AvgIpc) is 3.09. The van der Waals surface area contributed by atoms with E-state index in [0.29, 0.717) is 6.54 Å². The summed E-state index contributed by atoms with van der Waals surface area (Å²) in [5.74, 6) is 0.390. The normalized spacial score (nSPS) is 23.1. The first kappa shape index (κ1) is 16.5. The number of ether oxygens (including phenoxy) is 1. The number of benzene rings is 1. The molecule has 0 aliphatic carbocycles. The van der Waals surface area contributed by atoms with Crippen molar-refractivity contribution in [3.63, 3.8) is 0 Å². The third-order valence-electron chi connectivity index (χ3n) is 5.01. The van der Waals surface area contributed by atoms with Crippen LogP contribution in [0.4, 0.5) is 0 Å². The Bertz CT molecular complexity index is 501. The number of piperidine rings is 1. The fourth-order valence-corrected chi connectivity index (χ4v) is 3.47. The van der Waals surface area contributed by atoms with E-state index >= 15 is 0 Å². The van der Waals surface area contributed by atoms with Gasteiger partial charge in [0.1, 0.15) is 0 Å². The van der Waals surface area contributed by atoms with Gasteiger partial charge in [0.2, 0.25) is 5.91 Å². The molecule has 4 nitrogen and oxygen atoms in total. The molecule has 4 heteroatoms. The van der Waals surface area contributed by atoms with Crippen LogP contribution in [-0.2, 0) is 16.1 Å². The summed E-state index contributed by atoms with van der Waals surface area (Å²) in [6, 6.07) is 8.74. The van der Waals surface area contributed by atoms with Crippen molar-refractivity contribution < 1.29 is 9.53 Å². The number of hydrogen-bond acceptors (Lipinski definition) is 3. The standard InChI is InChI=1S/C19H28N2O2/c1-15-4-6-16(7-5-15)14-21-10-8-17(9-11-21)19(22)20-13-18-3-2-12-23-18/h4-7,17-18H,2-3,8-14H2,1H3,(H,20,22). The molecule has 0 saturated carbocycles. The lowest BCUT2D eigenvalue weighted by Crippen LogP contribution is -2.42. The molecule has 1 amide bonds. The van der Waals surface area contributed by atoms with Gasteiger partial charge in [0.15, 0.2) is 0 Å². The summed E-state index contributed by atoms with van der Waals surface area (Å²) in [7, 11) is 0. The molecule has 1 unspecified atom stereocenters. The molecule has 1 atom stereocenters. The van der Waals surface area contributed by atoms with Gasteiger partial charge in [-0.1, -0.05) is 29.8 Å². The first-order valence-corrected chi connectivity index (χ1v) is 8.88. The average molecular weight is 316 g/mol. The van der Waals surface area contributed by atoms with E-state index in [9.17, 15) is 4.79 Å². The van der Waals surface area contributed by atoms with Crippen molar-refractivity contribution in [1.29, 1.82) is 0 Å². The van der Waals surface area contributed by atoms with E-state index in [4.69, 9.17) is 4.74 Å². The van der Waals surface area contributed by atoms with Crippen molar-refractivity contribution in [3.8, 4) is 0 Å². The Morgan fingerprint density at radius 1 is 1.22 bits per heavy atom. The molecule has 2 saturated heterocycles. The summed E-state index contributed by atoms with van der Waals surface area (Å²) in [6.45, 7) is 6.65. The highest BCUT2D eigenvalue weighted by Gasteiger charge is 2.26. The Hall–Kier alpha value is -1.39. The SMILES string of the molecule is Cc1ccc(CN2CCC(C(=O)NCC3CCCO3)CC2)cc1. The van der Waals surface area contributed by atoms with Gasteiger partial charge in [0.05, 0.1) is 6.10 Å². The molecule has 23 heavy (non-hydrogen) atoms. The van der Waals surface area contributed by atoms with Gasteiger partial charge in [-0.05, 0) is 51.3 Å². The van der Waals surface area contributed by atoms with Crippen LogP contribution in [0.25, 0.3) is 0 Å². The molecule has 2 aliphatic heterocycles. The molecule has 1 aromatic rings. The first-order chi connectivity index (χ1) is 11.2. The van der Waals surface area contributed by atoms with Crippen LogP contribution >= 0.6 is 0 Å². The van der Waals surface area contributed by atoms with E-state index in [1.807, 2.05) is 0 Å². The number of nitrogens with one attached hydrogen (secondary N) is 1. The van der Waals surface area contributed by atoms with Crippen LogP contribution in [-0.4, -0.2) is 43.2 Å². The molecule has 0 aromatic heterocycles. The lowest BCUT2D eigenvalue weighted by molar-refractivity contribution is -0.127. The zero-order chi connectivity index (χ0) is 16.1. The fourth-order valence-electron chi connectivity index (χ4n) is 3.47. The second kappa shape index (κ2) is 7.93. The van der Waals surface area contributed by atoms with Gasteiger partial charge in [0, 0.05) is 25.6 Å². The molecule has 3 rings (SSSR count). The van der Waals surface area contributed by atoms with Crippen molar-refractivity contribution >= 4 is 5.91 Å². The highest BCUT2D eigenvalue weighted by Crippen LogP contribution is 2.20. The minimum atomic E-state index is 0.172. The Morgan fingerprint density at radius 3 is 2.61 bits per heavy atom. The summed E-state index contributed by atoms with van der Waals surface area (Å²) < 4.78 is 5.56. The largest absolute Gasteiger partial charge is 0.376 e. The van der Waals surface area contributed by atoms with Crippen LogP contribution in [0, 0.1) is 12.8 Å². The Morgan fingerprint density at radius 2 is 1.96 bits per heavy atom. The van der Waals surface area contributed by atoms with Gasteiger partial charge in [-0.3, -0.25) is 9.69 Å². The molecule has 0 radical (unpaired) electrons. The number of nitrogens with zero attached hydrogens (tertiary/aromatic N) is 1. The number of carbonyl (C=O) groups excluding carboxylic acids is 1. The van der Waals surface area contributed by atoms with Gasteiger partial charge in [0.25, 0.3) is 0 Å². The molecule has 0 bridgehead atoms. The van der Waals surface area contributed by atoms with Crippen LogP contribution in [0.5, 0.6) is 0 Å². The summed E-state index contributed by atoms with van der Waals surface area (Å²) in [6.07, 6.45) is 4.36. The molecular weight excluding hydrogens is 288 g/mol. The van der Waals surface area contributed by atoms with E-state index in [1.54, 1.807) is 0 Å². The zero-order valence-corrected chi connectivity index (χ0v) is 14.1. The molecule has 2 fully saturated rings. The molecule has 2 aliphatic rings. The van der Waals surface area contributed by atoms with E-state index < -0.39 is 0 Å². The van der Waals surface area contributed by atoms with Crippen molar-refractivity contribution in [2.45, 2.75) is 45.3 Å². The summed E-state index contributed by atoms with van der Waals surface area (Å²) in [5, 5.41) is 3.08. The fraction of sp³-hybridized carbons (Fsp3) is 0.632. The van der Waals surface area contributed by atoms with Crippen molar-refractivity contribution in [2.24, 2.45) is 5.92 Å². The summed E-state index contributed by atoms with van der Waals surface area (Å²) in [4.78, 5) is 14.7. The Labute approximate surface area is 139 Å². The van der Waals surface area contributed by atoms with Gasteiger partial charge in [-0.2, -0.15) is 0 Å². The first-order valence-electron chi connectivity index (χ1n) is 8.88. The van der Waals surface area contributed by atoms with E-state index in [0.717, 1.165) is 51.9 Å². The summed E-state index contributed by atoms with van der Waals surface area (Å²) >= 11 is 0. The highest BCUT2D eigenvalue weighted by atomic mass is 16.5. The summed E-state index contributed by atoms with van der Waals surface area (Å²) in [5.41, 5.74) is 2.66. The van der Waals surface area contributed by atoms with Crippen molar-refractivity contribution in [1.82, 2.24) is 10.2 Å². The lowest BCUT2D eigenvalue weighted by atomic mass is 9.95. The molecule has 1 aromatic carbocycles. The van der Waals surface area contributed by atoms with Gasteiger partial charge < -0.3 is 10.1 Å². The van der Waals surface area contributed by atoms with Crippen LogP contribution in [0.15, 0.2) is 24.3 Å². The third kappa shape index (κ3) is 4.79. The smallest absolute Gasteiger partial charge is 0.223 e. The number of aryl methyl sites for hydroxylation is 1. The molecular formula is C19H28N2O2. The van der Waals surface area contributed by atoms with Crippen LogP contribution < -0.4 is 5.32 Å². The van der Waals surface area contributed by atoms with E-state index in [2.05, 4.69) is 41.4 Å². The molecule has 2 heterocycles. The molecule has 1 N–H and O–H groups in total. The predicted octanol–water partition coefficient (Wildman–Crippen LogP) is 2.50. The quantitative estimate of drug-likeness (QED) is 0.907. The van der Waals surface area contributed by atoms with Gasteiger partial charge in [-0.25, -0.2) is 0 Å². The molecule has 126 valence electrons.